The maximum Gasteiger partial charge on any atom is 0.243 e. The van der Waals surface area contributed by atoms with Gasteiger partial charge < -0.3 is 5.32 Å². The second-order valence-electron chi connectivity index (χ2n) is 3.99. The van der Waals surface area contributed by atoms with Crippen LogP contribution in [-0.2, 0) is 16.6 Å². The lowest BCUT2D eigenvalue weighted by atomic mass is 10.4. The molecule has 0 amide bonds. The van der Waals surface area contributed by atoms with E-state index in [0.29, 0.717) is 18.0 Å². The third-order valence-electron chi connectivity index (χ3n) is 2.50. The van der Waals surface area contributed by atoms with Crippen molar-refractivity contribution in [2.24, 2.45) is 0 Å². The first-order chi connectivity index (χ1) is 7.93. The van der Waals surface area contributed by atoms with Crippen molar-refractivity contribution in [1.29, 1.82) is 0 Å². The maximum atomic E-state index is 12.3. The van der Waals surface area contributed by atoms with E-state index in [2.05, 4.69) is 5.32 Å². The van der Waals surface area contributed by atoms with Gasteiger partial charge in [-0.25, -0.2) is 12.7 Å². The Hall–Kier alpha value is -0.430. The predicted octanol–water partition coefficient (Wildman–Crippen LogP) is 1.81. The molecule has 0 unspecified atom stereocenters. The van der Waals surface area contributed by atoms with E-state index < -0.39 is 10.0 Å². The third kappa shape index (κ3) is 3.28. The lowest BCUT2D eigenvalue weighted by Gasteiger charge is -2.15. The molecule has 4 nitrogen and oxygen atoms in total. The van der Waals surface area contributed by atoms with Crippen LogP contribution in [0.25, 0.3) is 0 Å². The number of nitrogens with one attached hydrogen (secondary N) is 1. The Labute approximate surface area is 108 Å². The molecular formula is C11H20N2O2S2. The van der Waals surface area contributed by atoms with Gasteiger partial charge in [0.2, 0.25) is 10.0 Å². The van der Waals surface area contributed by atoms with E-state index >= 15 is 0 Å². The Morgan fingerprint density at radius 2 is 2.12 bits per heavy atom. The molecule has 0 saturated carbocycles. The summed E-state index contributed by atoms with van der Waals surface area (Å²) in [5.74, 6) is 0. The molecule has 6 heteroatoms. The van der Waals surface area contributed by atoms with Crippen molar-refractivity contribution in [1.82, 2.24) is 9.62 Å². The van der Waals surface area contributed by atoms with Crippen LogP contribution in [0.3, 0.4) is 0 Å². The highest BCUT2D eigenvalue weighted by Gasteiger charge is 2.24. The Kier molecular flexibility index (Phi) is 5.12. The standard InChI is InChI=1S/C11H20N2O2S2/c1-5-6-13(4)17(14,15)11-7-10(8-12-3)16-9(11)2/h7,12H,5-6,8H2,1-4H3. The number of hydrogen-bond acceptors (Lipinski definition) is 4. The summed E-state index contributed by atoms with van der Waals surface area (Å²) in [6.07, 6.45) is 0.822. The molecule has 0 aromatic carbocycles. The zero-order valence-corrected chi connectivity index (χ0v) is 12.4. The minimum atomic E-state index is -3.31. The van der Waals surface area contributed by atoms with Crippen LogP contribution < -0.4 is 5.32 Å². The highest BCUT2D eigenvalue weighted by atomic mass is 32.2. The SMILES string of the molecule is CCCN(C)S(=O)(=O)c1cc(CNC)sc1C. The summed E-state index contributed by atoms with van der Waals surface area (Å²) in [7, 11) is 0.173. The van der Waals surface area contributed by atoms with Crippen molar-refractivity contribution in [2.75, 3.05) is 20.6 Å². The smallest absolute Gasteiger partial charge is 0.243 e. The zero-order chi connectivity index (χ0) is 13.1. The molecule has 1 aromatic heterocycles. The van der Waals surface area contributed by atoms with Gasteiger partial charge in [-0.3, -0.25) is 0 Å². The number of thiophene rings is 1. The topological polar surface area (TPSA) is 49.4 Å². The molecule has 0 fully saturated rings. The van der Waals surface area contributed by atoms with Gasteiger partial charge in [-0.05, 0) is 26.5 Å². The van der Waals surface area contributed by atoms with Gasteiger partial charge >= 0.3 is 0 Å². The van der Waals surface area contributed by atoms with Gasteiger partial charge in [0.1, 0.15) is 0 Å². The second-order valence-corrected chi connectivity index (χ2v) is 7.34. The van der Waals surface area contributed by atoms with Gasteiger partial charge in [-0.1, -0.05) is 6.92 Å². The molecule has 17 heavy (non-hydrogen) atoms. The molecule has 0 saturated heterocycles. The summed E-state index contributed by atoms with van der Waals surface area (Å²) in [6, 6.07) is 1.78. The Bertz CT molecular complexity index is 466. The minimum absolute atomic E-state index is 0.448. The number of hydrogen-bond donors (Lipinski definition) is 1. The number of rotatable bonds is 6. The van der Waals surface area contributed by atoms with E-state index in [4.69, 9.17) is 0 Å². The van der Waals surface area contributed by atoms with E-state index in [0.717, 1.165) is 16.2 Å². The lowest BCUT2D eigenvalue weighted by molar-refractivity contribution is 0.468. The first-order valence-corrected chi connectivity index (χ1v) is 7.89. The van der Waals surface area contributed by atoms with Crippen LogP contribution in [0.2, 0.25) is 0 Å². The first kappa shape index (κ1) is 14.6. The van der Waals surface area contributed by atoms with Crippen LogP contribution in [0.15, 0.2) is 11.0 Å². The van der Waals surface area contributed by atoms with E-state index in [-0.39, 0.29) is 0 Å². The van der Waals surface area contributed by atoms with Crippen LogP contribution in [0.5, 0.6) is 0 Å². The monoisotopic (exact) mass is 276 g/mol. The molecular weight excluding hydrogens is 256 g/mol. The molecule has 1 rings (SSSR count). The Morgan fingerprint density at radius 3 is 2.65 bits per heavy atom. The van der Waals surface area contributed by atoms with E-state index in [1.54, 1.807) is 13.1 Å². The molecule has 1 heterocycles. The minimum Gasteiger partial charge on any atom is -0.315 e. The lowest BCUT2D eigenvalue weighted by Crippen LogP contribution is -2.27. The second kappa shape index (κ2) is 5.95. The fourth-order valence-corrected chi connectivity index (χ4v) is 4.52. The van der Waals surface area contributed by atoms with E-state index in [9.17, 15) is 8.42 Å². The molecule has 98 valence electrons. The Balaban J connectivity index is 3.06. The van der Waals surface area contributed by atoms with Gasteiger partial charge in [0.05, 0.1) is 4.90 Å². The van der Waals surface area contributed by atoms with Crippen molar-refractivity contribution in [3.8, 4) is 0 Å². The predicted molar refractivity (Wildman–Crippen MR) is 71.9 cm³/mol. The van der Waals surface area contributed by atoms with Crippen molar-refractivity contribution in [2.45, 2.75) is 31.7 Å². The zero-order valence-electron chi connectivity index (χ0n) is 10.8. The molecule has 0 aliphatic carbocycles. The van der Waals surface area contributed by atoms with Crippen molar-refractivity contribution >= 4 is 21.4 Å². The van der Waals surface area contributed by atoms with Crippen LogP contribution in [0, 0.1) is 6.92 Å². The largest absolute Gasteiger partial charge is 0.315 e. The number of sulfonamides is 1. The van der Waals surface area contributed by atoms with Gasteiger partial charge in [0.15, 0.2) is 0 Å². The van der Waals surface area contributed by atoms with Gasteiger partial charge in [-0.15, -0.1) is 11.3 Å². The molecule has 1 N–H and O–H groups in total. The van der Waals surface area contributed by atoms with Crippen molar-refractivity contribution in [3.05, 3.63) is 15.8 Å². The average molecular weight is 276 g/mol. The summed E-state index contributed by atoms with van der Waals surface area (Å²) in [4.78, 5) is 2.36. The molecule has 0 bridgehead atoms. The summed E-state index contributed by atoms with van der Waals surface area (Å²) in [5.41, 5.74) is 0. The summed E-state index contributed by atoms with van der Waals surface area (Å²) in [5, 5.41) is 3.03. The average Bonchev–Trinajstić information content (AvgIpc) is 2.61. The summed E-state index contributed by atoms with van der Waals surface area (Å²) in [6.45, 7) is 5.09. The van der Waals surface area contributed by atoms with E-state index in [1.165, 1.54) is 15.6 Å². The molecule has 0 aliphatic rings. The summed E-state index contributed by atoms with van der Waals surface area (Å²) < 4.78 is 26.0. The normalized spacial score (nSPS) is 12.3. The van der Waals surface area contributed by atoms with Gasteiger partial charge in [0.25, 0.3) is 0 Å². The molecule has 1 aromatic rings. The fourth-order valence-electron chi connectivity index (χ4n) is 1.64. The Morgan fingerprint density at radius 1 is 1.47 bits per heavy atom. The number of aryl methyl sites for hydroxylation is 1. The highest BCUT2D eigenvalue weighted by Crippen LogP contribution is 2.27. The molecule has 0 aliphatic heterocycles. The van der Waals surface area contributed by atoms with Crippen LogP contribution in [0.4, 0.5) is 0 Å². The molecule has 0 atom stereocenters. The van der Waals surface area contributed by atoms with Crippen LogP contribution >= 0.6 is 11.3 Å². The maximum absolute atomic E-state index is 12.3. The van der Waals surface area contributed by atoms with Gasteiger partial charge in [0, 0.05) is 29.9 Å². The van der Waals surface area contributed by atoms with Crippen molar-refractivity contribution < 1.29 is 8.42 Å². The molecule has 0 radical (unpaired) electrons. The third-order valence-corrected chi connectivity index (χ3v) is 5.66. The summed E-state index contributed by atoms with van der Waals surface area (Å²) >= 11 is 1.53. The van der Waals surface area contributed by atoms with Crippen LogP contribution in [-0.4, -0.2) is 33.4 Å². The number of nitrogens with zero attached hydrogens (tertiary/aromatic N) is 1. The quantitative estimate of drug-likeness (QED) is 0.862. The van der Waals surface area contributed by atoms with E-state index in [1.807, 2.05) is 20.9 Å². The van der Waals surface area contributed by atoms with Crippen LogP contribution in [0.1, 0.15) is 23.1 Å². The van der Waals surface area contributed by atoms with Crippen molar-refractivity contribution in [3.63, 3.8) is 0 Å². The van der Waals surface area contributed by atoms with Gasteiger partial charge in [-0.2, -0.15) is 0 Å². The first-order valence-electron chi connectivity index (χ1n) is 5.63. The fraction of sp³-hybridized carbons (Fsp3) is 0.636. The highest BCUT2D eigenvalue weighted by molar-refractivity contribution is 7.89. The molecule has 0 spiro atoms.